The third-order valence-electron chi connectivity index (χ3n) is 2.73. The molecule has 0 saturated heterocycles. The van der Waals surface area contributed by atoms with Gasteiger partial charge in [0.2, 0.25) is 0 Å². The summed E-state index contributed by atoms with van der Waals surface area (Å²) in [5.41, 5.74) is 1.04. The average Bonchev–Trinajstić information content (AvgIpc) is 2.37. The van der Waals surface area contributed by atoms with Gasteiger partial charge in [0.05, 0.1) is 10.0 Å². The normalized spacial score (nSPS) is 12.9. The van der Waals surface area contributed by atoms with Crippen molar-refractivity contribution in [3.63, 3.8) is 0 Å². The largest absolute Gasteiger partial charge is 0.375 e. The van der Waals surface area contributed by atoms with Crippen molar-refractivity contribution in [3.8, 4) is 0 Å². The molecule has 19 heavy (non-hydrogen) atoms. The Balaban J connectivity index is 2.40. The maximum absolute atomic E-state index is 11.9. The molecule has 0 radical (unpaired) electrons. The van der Waals surface area contributed by atoms with Crippen LogP contribution in [-0.2, 0) is 11.2 Å². The molecule has 1 N–H and O–H groups in total. The van der Waals surface area contributed by atoms with E-state index in [9.17, 15) is 8.78 Å². The van der Waals surface area contributed by atoms with Gasteiger partial charge >= 0.3 is 0 Å². The number of nitrogens with one attached hydrogen (secondary N) is 1. The Kier molecular flexibility index (Phi) is 7.61. The van der Waals surface area contributed by atoms with Crippen LogP contribution in [0.5, 0.6) is 0 Å². The molecule has 0 aromatic heterocycles. The molecule has 0 aliphatic rings. The topological polar surface area (TPSA) is 21.3 Å². The van der Waals surface area contributed by atoms with Crippen LogP contribution >= 0.6 is 23.2 Å². The molecule has 2 nitrogen and oxygen atoms in total. The maximum Gasteiger partial charge on any atom is 0.261 e. The predicted molar refractivity (Wildman–Crippen MR) is 74.5 cm³/mol. The molecule has 108 valence electrons. The second kappa shape index (κ2) is 8.69. The Morgan fingerprint density at radius 1 is 1.26 bits per heavy atom. The summed E-state index contributed by atoms with van der Waals surface area (Å²) in [6.45, 7) is -0.208. The predicted octanol–water partition coefficient (Wildman–Crippen LogP) is 3.80. The van der Waals surface area contributed by atoms with Crippen LogP contribution in [-0.4, -0.2) is 32.7 Å². The second-order valence-electron chi connectivity index (χ2n) is 4.19. The van der Waals surface area contributed by atoms with Crippen molar-refractivity contribution in [2.45, 2.75) is 25.3 Å². The van der Waals surface area contributed by atoms with E-state index in [1.54, 1.807) is 6.07 Å². The molecule has 0 saturated carbocycles. The molecule has 0 amide bonds. The lowest BCUT2D eigenvalue weighted by Crippen LogP contribution is -2.29. The quantitative estimate of drug-likeness (QED) is 0.737. The van der Waals surface area contributed by atoms with Gasteiger partial charge in [0.25, 0.3) is 6.43 Å². The summed E-state index contributed by atoms with van der Waals surface area (Å²) in [7, 11) is 1.83. The summed E-state index contributed by atoms with van der Waals surface area (Å²) < 4.78 is 28.7. The first-order chi connectivity index (χ1) is 9.02. The van der Waals surface area contributed by atoms with E-state index in [4.69, 9.17) is 27.9 Å². The van der Waals surface area contributed by atoms with Gasteiger partial charge in [0.1, 0.15) is 6.61 Å². The summed E-state index contributed by atoms with van der Waals surface area (Å²) in [6, 6.07) is 5.61. The molecule has 0 aliphatic heterocycles. The fourth-order valence-corrected chi connectivity index (χ4v) is 2.02. The smallest absolute Gasteiger partial charge is 0.261 e. The van der Waals surface area contributed by atoms with Crippen LogP contribution in [0.25, 0.3) is 0 Å². The average molecular weight is 312 g/mol. The molecule has 1 rings (SSSR count). The molecule has 0 bridgehead atoms. The minimum Gasteiger partial charge on any atom is -0.375 e. The number of alkyl halides is 2. The van der Waals surface area contributed by atoms with Crippen molar-refractivity contribution in [1.82, 2.24) is 5.32 Å². The van der Waals surface area contributed by atoms with Gasteiger partial charge < -0.3 is 10.1 Å². The zero-order chi connectivity index (χ0) is 14.3. The molecular weight excluding hydrogens is 295 g/mol. The van der Waals surface area contributed by atoms with Gasteiger partial charge in [-0.25, -0.2) is 8.78 Å². The van der Waals surface area contributed by atoms with Crippen LogP contribution in [0.2, 0.25) is 10.0 Å². The van der Waals surface area contributed by atoms with Gasteiger partial charge in [0, 0.05) is 12.6 Å². The van der Waals surface area contributed by atoms with Crippen molar-refractivity contribution in [1.29, 1.82) is 0 Å². The molecule has 0 heterocycles. The minimum atomic E-state index is -2.41. The minimum absolute atomic E-state index is 0.148. The van der Waals surface area contributed by atoms with Crippen molar-refractivity contribution in [2.75, 3.05) is 20.3 Å². The molecule has 6 heteroatoms. The van der Waals surface area contributed by atoms with Gasteiger partial charge in [-0.3, -0.25) is 0 Å². The molecule has 1 aromatic rings. The molecule has 0 spiro atoms. The van der Waals surface area contributed by atoms with E-state index in [2.05, 4.69) is 5.32 Å². The monoisotopic (exact) mass is 311 g/mol. The first kappa shape index (κ1) is 16.6. The maximum atomic E-state index is 11.9. The van der Waals surface area contributed by atoms with E-state index < -0.39 is 13.0 Å². The highest BCUT2D eigenvalue weighted by Crippen LogP contribution is 2.23. The Morgan fingerprint density at radius 3 is 2.58 bits per heavy atom. The first-order valence-electron chi connectivity index (χ1n) is 6.00. The van der Waals surface area contributed by atoms with E-state index in [1.807, 2.05) is 19.2 Å². The van der Waals surface area contributed by atoms with Crippen LogP contribution in [0.1, 0.15) is 12.0 Å². The van der Waals surface area contributed by atoms with Gasteiger partial charge in [-0.1, -0.05) is 29.3 Å². The van der Waals surface area contributed by atoms with Crippen molar-refractivity contribution < 1.29 is 13.5 Å². The van der Waals surface area contributed by atoms with Crippen molar-refractivity contribution in [2.24, 2.45) is 0 Å². The lowest BCUT2D eigenvalue weighted by atomic mass is 10.0. The summed E-state index contributed by atoms with van der Waals surface area (Å²) in [5.74, 6) is 0. The number of hydrogen-bond donors (Lipinski definition) is 1. The molecular formula is C13H17Cl2F2NO. The third-order valence-corrected chi connectivity index (χ3v) is 3.47. The lowest BCUT2D eigenvalue weighted by molar-refractivity contribution is 0.0146. The Hall–Kier alpha value is -0.420. The summed E-state index contributed by atoms with van der Waals surface area (Å²) >= 11 is 11.8. The Bertz CT molecular complexity index is 391. The first-order valence-corrected chi connectivity index (χ1v) is 6.75. The highest BCUT2D eigenvalue weighted by molar-refractivity contribution is 6.42. The Labute approximate surface area is 122 Å². The lowest BCUT2D eigenvalue weighted by Gasteiger charge is -2.16. The zero-order valence-electron chi connectivity index (χ0n) is 10.6. The fraction of sp³-hybridized carbons (Fsp3) is 0.538. The van der Waals surface area contributed by atoms with E-state index in [0.29, 0.717) is 23.1 Å². The van der Waals surface area contributed by atoms with Crippen molar-refractivity contribution >= 4 is 23.2 Å². The van der Waals surface area contributed by atoms with E-state index >= 15 is 0 Å². The summed E-state index contributed by atoms with van der Waals surface area (Å²) in [6.07, 6.45) is -1.02. The Morgan fingerprint density at radius 2 is 2.00 bits per heavy atom. The third kappa shape index (κ3) is 6.52. The molecule has 0 aliphatic carbocycles. The van der Waals surface area contributed by atoms with Gasteiger partial charge in [-0.15, -0.1) is 0 Å². The zero-order valence-corrected chi connectivity index (χ0v) is 12.1. The van der Waals surface area contributed by atoms with E-state index in [0.717, 1.165) is 12.0 Å². The van der Waals surface area contributed by atoms with Crippen LogP contribution < -0.4 is 5.32 Å². The summed E-state index contributed by atoms with van der Waals surface area (Å²) in [4.78, 5) is 0. The number of ether oxygens (including phenoxy) is 1. The summed E-state index contributed by atoms with van der Waals surface area (Å²) in [5, 5.41) is 4.17. The molecule has 0 fully saturated rings. The fourth-order valence-electron chi connectivity index (χ4n) is 1.70. The molecule has 1 atom stereocenters. The highest BCUT2D eigenvalue weighted by Gasteiger charge is 2.09. The van der Waals surface area contributed by atoms with E-state index in [-0.39, 0.29) is 6.04 Å². The van der Waals surface area contributed by atoms with Gasteiger partial charge in [-0.05, 0) is 37.6 Å². The van der Waals surface area contributed by atoms with Gasteiger partial charge in [0.15, 0.2) is 0 Å². The van der Waals surface area contributed by atoms with Crippen LogP contribution in [0.15, 0.2) is 18.2 Å². The van der Waals surface area contributed by atoms with Crippen LogP contribution in [0.4, 0.5) is 8.78 Å². The number of likely N-dealkylation sites (N-methyl/N-ethyl adjacent to an activating group) is 1. The van der Waals surface area contributed by atoms with Crippen LogP contribution in [0.3, 0.4) is 0 Å². The number of rotatable bonds is 8. The van der Waals surface area contributed by atoms with Gasteiger partial charge in [-0.2, -0.15) is 0 Å². The SMILES string of the molecule is CNC(CCOCC(F)F)Cc1ccc(Cl)c(Cl)c1. The second-order valence-corrected chi connectivity index (χ2v) is 5.01. The number of hydrogen-bond acceptors (Lipinski definition) is 2. The number of benzene rings is 1. The van der Waals surface area contributed by atoms with Crippen molar-refractivity contribution in [3.05, 3.63) is 33.8 Å². The molecule has 1 aromatic carbocycles. The highest BCUT2D eigenvalue weighted by atomic mass is 35.5. The number of halogens is 4. The van der Waals surface area contributed by atoms with E-state index in [1.165, 1.54) is 0 Å². The standard InChI is InChI=1S/C13H17Cl2F2NO/c1-18-10(4-5-19-8-13(16)17)6-9-2-3-11(14)12(15)7-9/h2-3,7,10,13,18H,4-6,8H2,1H3. The van der Waals surface area contributed by atoms with Crippen LogP contribution in [0, 0.1) is 0 Å². The molecule has 1 unspecified atom stereocenters.